The maximum absolute atomic E-state index is 12.6. The first-order valence-corrected chi connectivity index (χ1v) is 7.04. The van der Waals surface area contributed by atoms with Crippen molar-refractivity contribution in [1.29, 1.82) is 0 Å². The maximum Gasteiger partial charge on any atom is 0.144 e. The van der Waals surface area contributed by atoms with E-state index in [1.165, 1.54) is 11.1 Å². The van der Waals surface area contributed by atoms with Crippen molar-refractivity contribution in [2.75, 3.05) is 5.73 Å². The fourth-order valence-corrected chi connectivity index (χ4v) is 2.98. The summed E-state index contributed by atoms with van der Waals surface area (Å²) < 4.78 is 0. The minimum Gasteiger partial charge on any atom is -0.398 e. The zero-order chi connectivity index (χ0) is 13.9. The Kier molecular flexibility index (Phi) is 3.50. The molecule has 1 aromatic heterocycles. The lowest BCUT2D eigenvalue weighted by molar-refractivity contribution is -0.120. The van der Waals surface area contributed by atoms with Crippen LogP contribution in [0.3, 0.4) is 0 Å². The third-order valence-electron chi connectivity index (χ3n) is 4.06. The van der Waals surface area contributed by atoms with Gasteiger partial charge in [-0.2, -0.15) is 0 Å². The molecule has 1 aromatic carbocycles. The molecule has 0 spiro atoms. The van der Waals surface area contributed by atoms with Crippen LogP contribution in [0, 0.1) is 0 Å². The van der Waals surface area contributed by atoms with Crippen molar-refractivity contribution in [3.05, 3.63) is 59.4 Å². The number of hydrogen-bond donors (Lipinski definition) is 1. The zero-order valence-electron chi connectivity index (χ0n) is 11.4. The van der Waals surface area contributed by atoms with Gasteiger partial charge >= 0.3 is 0 Å². The van der Waals surface area contributed by atoms with Crippen molar-refractivity contribution in [2.24, 2.45) is 0 Å². The summed E-state index contributed by atoms with van der Waals surface area (Å²) in [6, 6.07) is 10.0. The average Bonchev–Trinajstić information content (AvgIpc) is 2.49. The normalized spacial score (nSPS) is 17.5. The molecular weight excluding hydrogens is 248 g/mol. The Hall–Kier alpha value is -2.16. The minimum absolute atomic E-state index is 0.0135. The number of fused-ring (bicyclic) bond motifs is 1. The number of ketones is 1. The van der Waals surface area contributed by atoms with Crippen LogP contribution in [0.25, 0.3) is 0 Å². The maximum atomic E-state index is 12.6. The number of Topliss-reactive ketones (excluding diaryl/α,β-unsaturated/α-hetero) is 1. The van der Waals surface area contributed by atoms with Gasteiger partial charge in [-0.15, -0.1) is 0 Å². The number of aromatic nitrogens is 1. The second-order valence-electron chi connectivity index (χ2n) is 5.36. The van der Waals surface area contributed by atoms with E-state index in [1.807, 2.05) is 12.1 Å². The van der Waals surface area contributed by atoms with Crippen LogP contribution in [0.5, 0.6) is 0 Å². The molecule has 20 heavy (non-hydrogen) atoms. The van der Waals surface area contributed by atoms with E-state index in [2.05, 4.69) is 17.1 Å². The molecule has 0 saturated heterocycles. The molecule has 1 aliphatic carbocycles. The molecule has 0 aliphatic heterocycles. The first-order chi connectivity index (χ1) is 9.75. The highest BCUT2D eigenvalue weighted by Gasteiger charge is 2.26. The Bertz CT molecular complexity index is 636. The van der Waals surface area contributed by atoms with Crippen molar-refractivity contribution < 1.29 is 4.79 Å². The molecule has 0 saturated carbocycles. The number of nitrogens with two attached hydrogens (primary N) is 1. The van der Waals surface area contributed by atoms with E-state index in [4.69, 9.17) is 5.73 Å². The smallest absolute Gasteiger partial charge is 0.144 e. The van der Waals surface area contributed by atoms with Gasteiger partial charge in [0.2, 0.25) is 0 Å². The lowest BCUT2D eigenvalue weighted by atomic mass is 9.79. The van der Waals surface area contributed by atoms with E-state index < -0.39 is 0 Å². The first kappa shape index (κ1) is 12.9. The van der Waals surface area contributed by atoms with E-state index in [0.29, 0.717) is 12.1 Å². The Morgan fingerprint density at radius 2 is 2.15 bits per heavy atom. The molecule has 1 heterocycles. The third kappa shape index (κ3) is 2.44. The van der Waals surface area contributed by atoms with E-state index in [9.17, 15) is 4.79 Å². The molecule has 0 amide bonds. The molecule has 3 rings (SSSR count). The van der Waals surface area contributed by atoms with E-state index in [1.54, 1.807) is 18.5 Å². The highest BCUT2D eigenvalue weighted by atomic mass is 16.1. The molecule has 0 radical (unpaired) electrons. The van der Waals surface area contributed by atoms with Gasteiger partial charge in [0.05, 0.1) is 0 Å². The molecule has 1 aliphatic rings. The van der Waals surface area contributed by atoms with E-state index >= 15 is 0 Å². The Morgan fingerprint density at radius 3 is 3.00 bits per heavy atom. The monoisotopic (exact) mass is 266 g/mol. The number of anilines is 1. The van der Waals surface area contributed by atoms with Gasteiger partial charge in [-0.3, -0.25) is 9.78 Å². The van der Waals surface area contributed by atoms with E-state index in [0.717, 1.165) is 24.8 Å². The third-order valence-corrected chi connectivity index (χ3v) is 4.06. The molecule has 3 heteroatoms. The number of pyridine rings is 1. The number of nitrogens with zero attached hydrogens (tertiary/aromatic N) is 1. The van der Waals surface area contributed by atoms with Crippen LogP contribution in [0.1, 0.15) is 35.4 Å². The molecule has 1 unspecified atom stereocenters. The van der Waals surface area contributed by atoms with Gasteiger partial charge in [0, 0.05) is 36.0 Å². The fraction of sp³-hybridized carbons (Fsp3) is 0.294. The zero-order valence-corrected chi connectivity index (χ0v) is 11.4. The summed E-state index contributed by atoms with van der Waals surface area (Å²) in [5.41, 5.74) is 9.90. The molecule has 0 fully saturated rings. The van der Waals surface area contributed by atoms with Crippen LogP contribution in [0.15, 0.2) is 42.7 Å². The molecule has 102 valence electrons. The van der Waals surface area contributed by atoms with Gasteiger partial charge in [0.1, 0.15) is 5.78 Å². The number of benzene rings is 1. The molecule has 0 bridgehead atoms. The van der Waals surface area contributed by atoms with E-state index in [-0.39, 0.29) is 11.7 Å². The van der Waals surface area contributed by atoms with Crippen molar-refractivity contribution in [2.45, 2.75) is 31.6 Å². The minimum atomic E-state index is 0.0135. The second-order valence-corrected chi connectivity index (χ2v) is 5.36. The van der Waals surface area contributed by atoms with Crippen molar-refractivity contribution in [3.63, 3.8) is 0 Å². The number of aryl methyl sites for hydroxylation is 1. The van der Waals surface area contributed by atoms with Crippen molar-refractivity contribution >= 4 is 11.5 Å². The van der Waals surface area contributed by atoms with Crippen LogP contribution >= 0.6 is 0 Å². The summed E-state index contributed by atoms with van der Waals surface area (Å²) in [5, 5.41) is 0. The molecule has 2 N–H and O–H groups in total. The standard InChI is InChI=1S/C17H18N2O/c18-16-8-9-19-11-13(16)10-17(20)15-7-3-5-12-4-1-2-6-14(12)15/h1-2,4,6,8-9,11,15H,3,5,7,10H2,(H2,18,19). The van der Waals surface area contributed by atoms with Crippen LogP contribution in [0.4, 0.5) is 5.69 Å². The molecule has 2 aromatic rings. The highest BCUT2D eigenvalue weighted by Crippen LogP contribution is 2.33. The number of hydrogen-bond acceptors (Lipinski definition) is 3. The molecule has 3 nitrogen and oxygen atoms in total. The Balaban J connectivity index is 1.84. The summed E-state index contributed by atoms with van der Waals surface area (Å²) in [6.45, 7) is 0. The first-order valence-electron chi connectivity index (χ1n) is 7.04. The Labute approximate surface area is 118 Å². The van der Waals surface area contributed by atoms with Gasteiger partial charge in [-0.1, -0.05) is 24.3 Å². The van der Waals surface area contributed by atoms with Crippen LogP contribution in [-0.4, -0.2) is 10.8 Å². The quantitative estimate of drug-likeness (QED) is 0.929. The topological polar surface area (TPSA) is 56.0 Å². The van der Waals surface area contributed by atoms with Gasteiger partial charge in [0.25, 0.3) is 0 Å². The number of nitrogen functional groups attached to an aromatic ring is 1. The van der Waals surface area contributed by atoms with Crippen LogP contribution in [-0.2, 0) is 17.6 Å². The summed E-state index contributed by atoms with van der Waals surface area (Å²) in [5.74, 6) is 0.261. The van der Waals surface area contributed by atoms with Gasteiger partial charge in [-0.05, 0) is 36.5 Å². The number of carbonyl (C=O) groups excluding carboxylic acids is 1. The highest BCUT2D eigenvalue weighted by molar-refractivity contribution is 5.89. The molecule has 1 atom stereocenters. The van der Waals surface area contributed by atoms with Crippen LogP contribution < -0.4 is 5.73 Å². The largest absolute Gasteiger partial charge is 0.398 e. The average molecular weight is 266 g/mol. The lowest BCUT2D eigenvalue weighted by Crippen LogP contribution is -2.20. The summed E-state index contributed by atoms with van der Waals surface area (Å²) in [7, 11) is 0. The van der Waals surface area contributed by atoms with Crippen LogP contribution in [0.2, 0.25) is 0 Å². The predicted molar refractivity (Wildman–Crippen MR) is 79.5 cm³/mol. The second kappa shape index (κ2) is 5.45. The predicted octanol–water partition coefficient (Wildman–Crippen LogP) is 2.90. The summed E-state index contributed by atoms with van der Waals surface area (Å²) in [6.07, 6.45) is 6.82. The summed E-state index contributed by atoms with van der Waals surface area (Å²) >= 11 is 0. The van der Waals surface area contributed by atoms with Crippen molar-refractivity contribution in [1.82, 2.24) is 4.98 Å². The lowest BCUT2D eigenvalue weighted by Gasteiger charge is -2.24. The summed E-state index contributed by atoms with van der Waals surface area (Å²) in [4.78, 5) is 16.7. The van der Waals surface area contributed by atoms with Gasteiger partial charge < -0.3 is 5.73 Å². The Morgan fingerprint density at radius 1 is 1.30 bits per heavy atom. The van der Waals surface area contributed by atoms with Gasteiger partial charge in [0.15, 0.2) is 0 Å². The van der Waals surface area contributed by atoms with Crippen molar-refractivity contribution in [3.8, 4) is 0 Å². The number of rotatable bonds is 3. The molecular formula is C17H18N2O. The fourth-order valence-electron chi connectivity index (χ4n) is 2.98. The number of carbonyl (C=O) groups is 1. The SMILES string of the molecule is Nc1ccncc1CC(=O)C1CCCc2ccccc21. The van der Waals surface area contributed by atoms with Gasteiger partial charge in [-0.25, -0.2) is 0 Å².